The van der Waals surface area contributed by atoms with Gasteiger partial charge in [0.05, 0.1) is 31.0 Å². The van der Waals surface area contributed by atoms with E-state index in [-0.39, 0.29) is 5.91 Å². The fourth-order valence-electron chi connectivity index (χ4n) is 4.03. The van der Waals surface area contributed by atoms with E-state index in [1.54, 1.807) is 26.4 Å². The third-order valence-corrected chi connectivity index (χ3v) is 5.85. The average Bonchev–Trinajstić information content (AvgIpc) is 2.93. The first-order chi connectivity index (χ1) is 17.6. The van der Waals surface area contributed by atoms with Crippen molar-refractivity contribution < 1.29 is 14.3 Å². The Hall–Kier alpha value is -4.84. The quantitative estimate of drug-likeness (QED) is 0.267. The molecular formula is C30H25N3O3. The topological polar surface area (TPSA) is 72.5 Å². The van der Waals surface area contributed by atoms with Gasteiger partial charge in [0.1, 0.15) is 11.5 Å². The Morgan fingerprint density at radius 2 is 1.42 bits per heavy atom. The van der Waals surface area contributed by atoms with E-state index in [4.69, 9.17) is 14.5 Å². The lowest BCUT2D eigenvalue weighted by Crippen LogP contribution is -2.13. The minimum Gasteiger partial charge on any atom is -0.497 e. The highest BCUT2D eigenvalue weighted by Gasteiger charge is 2.17. The first-order valence-electron chi connectivity index (χ1n) is 11.5. The van der Waals surface area contributed by atoms with Crippen LogP contribution in [0.3, 0.4) is 0 Å². The molecule has 0 aliphatic carbocycles. The maximum Gasteiger partial charge on any atom is 0.256 e. The lowest BCUT2D eigenvalue weighted by molar-refractivity contribution is 0.102. The van der Waals surface area contributed by atoms with Crippen molar-refractivity contribution in [1.82, 2.24) is 4.98 Å². The molecule has 178 valence electrons. The van der Waals surface area contributed by atoms with Crippen LogP contribution in [0.1, 0.15) is 10.4 Å². The molecule has 0 saturated carbocycles. The highest BCUT2D eigenvalue weighted by atomic mass is 16.5. The number of hydrogen-bond donors (Lipinski definition) is 2. The van der Waals surface area contributed by atoms with Crippen molar-refractivity contribution in [2.45, 2.75) is 0 Å². The van der Waals surface area contributed by atoms with Crippen molar-refractivity contribution in [2.24, 2.45) is 0 Å². The van der Waals surface area contributed by atoms with Crippen LogP contribution in [0.4, 0.5) is 17.1 Å². The van der Waals surface area contributed by atoms with E-state index in [0.717, 1.165) is 27.8 Å². The molecular weight excluding hydrogens is 450 g/mol. The van der Waals surface area contributed by atoms with Gasteiger partial charge in [-0.15, -0.1) is 0 Å². The molecule has 5 rings (SSSR count). The molecule has 0 aliphatic rings. The number of carbonyl (C=O) groups is 1. The van der Waals surface area contributed by atoms with E-state index in [0.29, 0.717) is 28.4 Å². The molecule has 6 nitrogen and oxygen atoms in total. The number of fused-ring (bicyclic) bond motifs is 1. The molecule has 0 aliphatic heterocycles. The number of amides is 1. The van der Waals surface area contributed by atoms with Gasteiger partial charge in [-0.2, -0.15) is 0 Å². The van der Waals surface area contributed by atoms with Crippen LogP contribution in [0.5, 0.6) is 11.5 Å². The SMILES string of the molecule is COc1ccc(-c2cc(C(=O)Nc3ccc(Nc4ccccc4)cc3)c3ccccc3n2)c(OC)c1. The molecule has 1 aromatic heterocycles. The Labute approximate surface area is 209 Å². The summed E-state index contributed by atoms with van der Waals surface area (Å²) in [4.78, 5) is 18.2. The Bertz CT molecular complexity index is 1520. The Morgan fingerprint density at radius 1 is 0.722 bits per heavy atom. The van der Waals surface area contributed by atoms with Crippen molar-refractivity contribution >= 4 is 33.9 Å². The zero-order chi connectivity index (χ0) is 24.9. The van der Waals surface area contributed by atoms with Gasteiger partial charge in [-0.1, -0.05) is 36.4 Å². The number of para-hydroxylation sites is 2. The molecule has 0 unspecified atom stereocenters. The van der Waals surface area contributed by atoms with E-state index in [9.17, 15) is 4.79 Å². The largest absolute Gasteiger partial charge is 0.497 e. The summed E-state index contributed by atoms with van der Waals surface area (Å²) in [5.41, 5.74) is 5.29. The molecule has 5 aromatic rings. The van der Waals surface area contributed by atoms with E-state index in [2.05, 4.69) is 10.6 Å². The van der Waals surface area contributed by atoms with Gasteiger partial charge >= 0.3 is 0 Å². The molecule has 36 heavy (non-hydrogen) atoms. The maximum absolute atomic E-state index is 13.4. The summed E-state index contributed by atoms with van der Waals surface area (Å²) in [6.45, 7) is 0. The second-order valence-electron chi connectivity index (χ2n) is 8.16. The summed E-state index contributed by atoms with van der Waals surface area (Å²) in [5.74, 6) is 1.08. The van der Waals surface area contributed by atoms with Gasteiger partial charge in [0, 0.05) is 34.1 Å². The molecule has 2 N–H and O–H groups in total. The van der Waals surface area contributed by atoms with Crippen LogP contribution in [0.15, 0.2) is 103 Å². The summed E-state index contributed by atoms with van der Waals surface area (Å²) in [7, 11) is 3.21. The minimum absolute atomic E-state index is 0.217. The predicted molar refractivity (Wildman–Crippen MR) is 144 cm³/mol. The lowest BCUT2D eigenvalue weighted by atomic mass is 10.0. The van der Waals surface area contributed by atoms with Crippen LogP contribution in [-0.4, -0.2) is 25.1 Å². The monoisotopic (exact) mass is 475 g/mol. The van der Waals surface area contributed by atoms with Gasteiger partial charge in [-0.25, -0.2) is 4.98 Å². The molecule has 1 amide bonds. The Kier molecular flexibility index (Phi) is 6.49. The zero-order valence-electron chi connectivity index (χ0n) is 20.0. The van der Waals surface area contributed by atoms with Gasteiger partial charge in [0.25, 0.3) is 5.91 Å². The third-order valence-electron chi connectivity index (χ3n) is 5.85. The van der Waals surface area contributed by atoms with Crippen LogP contribution >= 0.6 is 0 Å². The highest BCUT2D eigenvalue weighted by Crippen LogP contribution is 2.34. The van der Waals surface area contributed by atoms with Crippen molar-refractivity contribution in [3.05, 3.63) is 109 Å². The summed E-state index contributed by atoms with van der Waals surface area (Å²) >= 11 is 0. The van der Waals surface area contributed by atoms with E-state index in [1.165, 1.54) is 0 Å². The first kappa shape index (κ1) is 22.9. The summed E-state index contributed by atoms with van der Waals surface area (Å²) in [6.07, 6.45) is 0. The normalized spacial score (nSPS) is 10.6. The number of ether oxygens (including phenoxy) is 2. The molecule has 4 aromatic carbocycles. The first-order valence-corrected chi connectivity index (χ1v) is 11.5. The number of nitrogens with one attached hydrogen (secondary N) is 2. The molecule has 0 bridgehead atoms. The number of pyridine rings is 1. The number of aromatic nitrogens is 1. The van der Waals surface area contributed by atoms with E-state index < -0.39 is 0 Å². The molecule has 0 radical (unpaired) electrons. The number of benzene rings is 4. The van der Waals surface area contributed by atoms with Gasteiger partial charge in [0.15, 0.2) is 0 Å². The molecule has 6 heteroatoms. The average molecular weight is 476 g/mol. The fraction of sp³-hybridized carbons (Fsp3) is 0.0667. The summed E-state index contributed by atoms with van der Waals surface area (Å²) in [6, 6.07) is 32.5. The van der Waals surface area contributed by atoms with Gasteiger partial charge < -0.3 is 20.1 Å². The minimum atomic E-state index is -0.217. The van der Waals surface area contributed by atoms with Crippen LogP contribution < -0.4 is 20.1 Å². The van der Waals surface area contributed by atoms with Crippen LogP contribution in [0.25, 0.3) is 22.2 Å². The molecule has 0 atom stereocenters. The molecule has 0 spiro atoms. The lowest BCUT2D eigenvalue weighted by Gasteiger charge is -2.14. The standard InChI is InChI=1S/C30H25N3O3/c1-35-23-16-17-25(29(18-23)36-2)28-19-26(24-10-6-7-11-27(24)33-28)30(34)32-22-14-12-21(13-15-22)31-20-8-4-3-5-9-20/h3-19,31H,1-2H3,(H,32,34). The van der Waals surface area contributed by atoms with Gasteiger partial charge in [-0.3, -0.25) is 4.79 Å². The number of nitrogens with zero attached hydrogens (tertiary/aromatic N) is 1. The molecule has 1 heterocycles. The number of rotatable bonds is 7. The Morgan fingerprint density at radius 3 is 2.17 bits per heavy atom. The fourth-order valence-corrected chi connectivity index (χ4v) is 4.03. The molecule has 0 saturated heterocycles. The zero-order valence-corrected chi connectivity index (χ0v) is 20.0. The van der Waals surface area contributed by atoms with E-state index in [1.807, 2.05) is 91.0 Å². The van der Waals surface area contributed by atoms with Gasteiger partial charge in [-0.05, 0) is 60.7 Å². The Balaban J connectivity index is 1.45. The van der Waals surface area contributed by atoms with Crippen molar-refractivity contribution in [3.63, 3.8) is 0 Å². The smallest absolute Gasteiger partial charge is 0.256 e. The summed E-state index contributed by atoms with van der Waals surface area (Å²) < 4.78 is 10.9. The van der Waals surface area contributed by atoms with Crippen molar-refractivity contribution in [2.75, 3.05) is 24.9 Å². The van der Waals surface area contributed by atoms with Crippen LogP contribution in [0, 0.1) is 0 Å². The van der Waals surface area contributed by atoms with Gasteiger partial charge in [0.2, 0.25) is 0 Å². The molecule has 0 fully saturated rings. The second kappa shape index (κ2) is 10.2. The van der Waals surface area contributed by atoms with Crippen molar-refractivity contribution in [3.8, 4) is 22.8 Å². The summed E-state index contributed by atoms with van der Waals surface area (Å²) in [5, 5.41) is 7.14. The third kappa shape index (κ3) is 4.83. The van der Waals surface area contributed by atoms with Crippen molar-refractivity contribution in [1.29, 1.82) is 0 Å². The number of carbonyl (C=O) groups excluding carboxylic acids is 1. The van der Waals surface area contributed by atoms with E-state index >= 15 is 0 Å². The highest BCUT2D eigenvalue weighted by molar-refractivity contribution is 6.13. The number of methoxy groups -OCH3 is 2. The van der Waals surface area contributed by atoms with Crippen LogP contribution in [-0.2, 0) is 0 Å². The van der Waals surface area contributed by atoms with Crippen LogP contribution in [0.2, 0.25) is 0 Å². The predicted octanol–water partition coefficient (Wildman–Crippen LogP) is 6.91. The maximum atomic E-state index is 13.4. The number of anilines is 3. The number of hydrogen-bond acceptors (Lipinski definition) is 5. The second-order valence-corrected chi connectivity index (χ2v) is 8.16.